The summed E-state index contributed by atoms with van der Waals surface area (Å²) in [5, 5.41) is 3.40. The smallest absolute Gasteiger partial charge is 1.00 e. The van der Waals surface area contributed by atoms with E-state index in [1.165, 1.54) is 19.4 Å². The Bertz CT molecular complexity index is 67.5. The molecular weight excluding hydrogens is 125 g/mol. The van der Waals surface area contributed by atoms with Crippen molar-refractivity contribution < 1.29 is 52.8 Å². The quantitative estimate of drug-likeness (QED) is 0.393. The maximum atomic E-state index is 3.40. The van der Waals surface area contributed by atoms with Crippen LogP contribution in [0.15, 0.2) is 0 Å². The van der Waals surface area contributed by atoms with Crippen LogP contribution in [0.25, 0.3) is 0 Å². The molecule has 0 bridgehead atoms. The number of nitrogens with one attached hydrogen (secondary N) is 1. The topological polar surface area (TPSA) is 12.0 Å². The minimum absolute atomic E-state index is 0. The Labute approximate surface area is 95.5 Å². The van der Waals surface area contributed by atoms with E-state index in [4.69, 9.17) is 0 Å². The van der Waals surface area contributed by atoms with Crippen molar-refractivity contribution in [3.8, 4) is 0 Å². The van der Waals surface area contributed by atoms with Gasteiger partial charge in [-0.3, -0.25) is 0 Å². The molecule has 44 valence electrons. The van der Waals surface area contributed by atoms with Crippen LogP contribution >= 0.6 is 0 Å². The third kappa shape index (κ3) is 2.94. The zero-order chi connectivity index (χ0) is 5.33. The van der Waals surface area contributed by atoms with E-state index in [0.29, 0.717) is 5.54 Å². The fourth-order valence-corrected chi connectivity index (χ4v) is 1.05. The molecule has 1 aliphatic rings. The molecule has 0 aromatic heterocycles. The minimum atomic E-state index is 0. The molecule has 8 heavy (non-hydrogen) atoms. The maximum absolute atomic E-state index is 3.40. The van der Waals surface area contributed by atoms with E-state index in [1.54, 1.807) is 0 Å². The van der Waals surface area contributed by atoms with Gasteiger partial charge in [0.2, 0.25) is 0 Å². The van der Waals surface area contributed by atoms with Gasteiger partial charge in [0.1, 0.15) is 0 Å². The summed E-state index contributed by atoms with van der Waals surface area (Å²) >= 11 is 0. The molecule has 0 saturated carbocycles. The molecule has 0 radical (unpaired) electrons. The molecule has 1 rings (SSSR count). The average Bonchev–Trinajstić information content (AvgIpc) is 1.84. The van der Waals surface area contributed by atoms with Gasteiger partial charge in [0.05, 0.1) is 0 Å². The molecule has 1 aliphatic heterocycles. The Morgan fingerprint density at radius 3 is 2.25 bits per heavy atom. The predicted octanol–water partition coefficient (Wildman–Crippen LogP) is -1.74. The molecule has 0 unspecified atom stereocenters. The van der Waals surface area contributed by atoms with E-state index in [2.05, 4.69) is 19.2 Å². The first kappa shape index (κ1) is 9.60. The first-order valence-corrected chi connectivity index (χ1v) is 2.96. The van der Waals surface area contributed by atoms with Crippen LogP contribution in [-0.2, 0) is 0 Å². The molecule has 1 fully saturated rings. The van der Waals surface area contributed by atoms with Crippen molar-refractivity contribution in [3.63, 3.8) is 0 Å². The van der Waals surface area contributed by atoms with Crippen molar-refractivity contribution in [1.29, 1.82) is 0 Å². The van der Waals surface area contributed by atoms with Crippen LogP contribution in [0, 0.1) is 0 Å². The van der Waals surface area contributed by atoms with E-state index in [1.807, 2.05) is 0 Å². The van der Waals surface area contributed by atoms with Crippen LogP contribution in [0.3, 0.4) is 0 Å². The molecule has 0 spiro atoms. The molecule has 0 aliphatic carbocycles. The normalized spacial score (nSPS) is 24.8. The maximum Gasteiger partial charge on any atom is 1.00 e. The van der Waals surface area contributed by atoms with Crippen LogP contribution in [0.5, 0.6) is 0 Å². The Balaban J connectivity index is 0. The molecule has 2 heteroatoms. The van der Waals surface area contributed by atoms with Crippen molar-refractivity contribution in [2.45, 2.75) is 32.2 Å². The summed E-state index contributed by atoms with van der Waals surface area (Å²) in [4.78, 5) is 0. The van der Waals surface area contributed by atoms with Gasteiger partial charge in [-0.15, -0.1) is 0 Å². The largest absolute Gasteiger partial charge is 1.00 e. The van der Waals surface area contributed by atoms with Gasteiger partial charge in [0.15, 0.2) is 0 Å². The van der Waals surface area contributed by atoms with Crippen molar-refractivity contribution in [2.75, 3.05) is 6.54 Å². The van der Waals surface area contributed by atoms with Gasteiger partial charge in [-0.2, -0.15) is 0 Å². The summed E-state index contributed by atoms with van der Waals surface area (Å²) in [6.45, 7) is 5.72. The van der Waals surface area contributed by atoms with Crippen molar-refractivity contribution in [2.24, 2.45) is 0 Å². The van der Waals surface area contributed by atoms with E-state index in [9.17, 15) is 0 Å². The van der Waals surface area contributed by atoms with Crippen LogP contribution < -0.4 is 56.7 Å². The summed E-state index contributed by atoms with van der Waals surface area (Å²) < 4.78 is 0. The van der Waals surface area contributed by atoms with Gasteiger partial charge in [-0.05, 0) is 33.2 Å². The fraction of sp³-hybridized carbons (Fsp3) is 1.00. The first-order valence-electron chi connectivity index (χ1n) is 2.96. The second kappa shape index (κ2) is 3.69. The molecule has 0 aromatic carbocycles. The van der Waals surface area contributed by atoms with Crippen LogP contribution in [0.1, 0.15) is 28.1 Å². The van der Waals surface area contributed by atoms with Gasteiger partial charge in [0, 0.05) is 5.54 Å². The van der Waals surface area contributed by atoms with E-state index < -0.39 is 0 Å². The van der Waals surface area contributed by atoms with Gasteiger partial charge in [0.25, 0.3) is 0 Å². The van der Waals surface area contributed by atoms with Gasteiger partial charge in [-0.1, -0.05) is 0 Å². The molecule has 1 nitrogen and oxygen atoms in total. The summed E-state index contributed by atoms with van der Waals surface area (Å²) in [6, 6.07) is 0. The standard InChI is InChI=1S/C6H13N.K.H/c1-6(2)4-3-5-7-6;;/h7H,3-5H2,1-2H3;;/q;+1;-1. The molecule has 1 N–H and O–H groups in total. The molecule has 1 heterocycles. The summed E-state index contributed by atoms with van der Waals surface area (Å²) in [7, 11) is 0. The number of rotatable bonds is 0. The Morgan fingerprint density at radius 2 is 2.12 bits per heavy atom. The van der Waals surface area contributed by atoms with Gasteiger partial charge < -0.3 is 6.74 Å². The second-order valence-corrected chi connectivity index (χ2v) is 2.91. The van der Waals surface area contributed by atoms with Gasteiger partial charge in [-0.25, -0.2) is 0 Å². The van der Waals surface area contributed by atoms with Crippen molar-refractivity contribution in [3.05, 3.63) is 0 Å². The number of hydrogen-bond donors (Lipinski definition) is 1. The Morgan fingerprint density at radius 1 is 1.50 bits per heavy atom. The van der Waals surface area contributed by atoms with E-state index >= 15 is 0 Å². The Hall–Kier alpha value is 1.60. The van der Waals surface area contributed by atoms with Crippen molar-refractivity contribution in [1.82, 2.24) is 5.32 Å². The minimum Gasteiger partial charge on any atom is -1.00 e. The SMILES string of the molecule is CC1(C)CCCN1.[H-].[K+]. The summed E-state index contributed by atoms with van der Waals surface area (Å²) in [6.07, 6.45) is 2.69. The van der Waals surface area contributed by atoms with Crippen LogP contribution in [0.2, 0.25) is 0 Å². The predicted molar refractivity (Wildman–Crippen MR) is 32.4 cm³/mol. The van der Waals surface area contributed by atoms with E-state index in [-0.39, 0.29) is 52.8 Å². The van der Waals surface area contributed by atoms with Crippen LogP contribution in [0.4, 0.5) is 0 Å². The summed E-state index contributed by atoms with van der Waals surface area (Å²) in [5.74, 6) is 0. The zero-order valence-electron chi connectivity index (χ0n) is 7.12. The monoisotopic (exact) mass is 139 g/mol. The van der Waals surface area contributed by atoms with E-state index in [0.717, 1.165) is 0 Å². The summed E-state index contributed by atoms with van der Waals surface area (Å²) in [5.41, 5.74) is 0.444. The third-order valence-electron chi connectivity index (χ3n) is 1.58. The molecule has 0 aromatic rings. The fourth-order valence-electron chi connectivity index (χ4n) is 1.05. The third-order valence-corrected chi connectivity index (χ3v) is 1.58. The average molecular weight is 139 g/mol. The Kier molecular flexibility index (Phi) is 4.42. The molecule has 0 amide bonds. The zero-order valence-corrected chi connectivity index (χ0v) is 9.24. The molecular formula is C6H14KN. The first-order chi connectivity index (χ1) is 3.21. The second-order valence-electron chi connectivity index (χ2n) is 2.91. The van der Waals surface area contributed by atoms with Crippen LogP contribution in [-0.4, -0.2) is 12.1 Å². The van der Waals surface area contributed by atoms with Crippen molar-refractivity contribution >= 4 is 0 Å². The molecule has 1 saturated heterocycles. The molecule has 0 atom stereocenters. The van der Waals surface area contributed by atoms with Gasteiger partial charge >= 0.3 is 51.4 Å². The number of hydrogen-bond acceptors (Lipinski definition) is 1.